The van der Waals surface area contributed by atoms with Gasteiger partial charge in [-0.15, -0.1) is 0 Å². The van der Waals surface area contributed by atoms with Crippen molar-refractivity contribution in [3.8, 4) is 0 Å². The van der Waals surface area contributed by atoms with Crippen LogP contribution in [0.15, 0.2) is 24.3 Å². The van der Waals surface area contributed by atoms with E-state index < -0.39 is 0 Å². The minimum absolute atomic E-state index is 0.0299. The van der Waals surface area contributed by atoms with E-state index in [1.165, 1.54) is 12.8 Å². The second-order valence-electron chi connectivity index (χ2n) is 6.19. The Balaban J connectivity index is 2.14. The Bertz CT molecular complexity index is 487. The SMILES string of the molecule is C[C@H]1CCC[C@@H](CO)N1Cc1cccc(C(=O)N(C)C)c1. The first kappa shape index (κ1) is 16.0. The topological polar surface area (TPSA) is 43.8 Å². The Kier molecular flexibility index (Phi) is 5.37. The first-order valence-electron chi connectivity index (χ1n) is 7.70. The molecule has 1 N–H and O–H groups in total. The van der Waals surface area contributed by atoms with Gasteiger partial charge in [0.1, 0.15) is 0 Å². The van der Waals surface area contributed by atoms with Crippen molar-refractivity contribution in [2.24, 2.45) is 0 Å². The lowest BCUT2D eigenvalue weighted by Crippen LogP contribution is -2.46. The predicted octanol–water partition coefficient (Wildman–Crippen LogP) is 2.12. The average Bonchev–Trinajstić information content (AvgIpc) is 2.48. The van der Waals surface area contributed by atoms with Crippen molar-refractivity contribution in [1.29, 1.82) is 0 Å². The lowest BCUT2D eigenvalue weighted by atomic mass is 9.96. The number of rotatable bonds is 4. The van der Waals surface area contributed by atoms with Crippen LogP contribution in [0.3, 0.4) is 0 Å². The van der Waals surface area contributed by atoms with Crippen molar-refractivity contribution in [2.75, 3.05) is 20.7 Å². The zero-order chi connectivity index (χ0) is 15.4. The van der Waals surface area contributed by atoms with E-state index in [-0.39, 0.29) is 18.6 Å². The van der Waals surface area contributed by atoms with Crippen LogP contribution >= 0.6 is 0 Å². The summed E-state index contributed by atoms with van der Waals surface area (Å²) in [7, 11) is 3.53. The van der Waals surface area contributed by atoms with Crippen LogP contribution in [0, 0.1) is 0 Å². The Morgan fingerprint density at radius 3 is 2.81 bits per heavy atom. The van der Waals surface area contributed by atoms with Gasteiger partial charge in [-0.05, 0) is 37.5 Å². The number of aliphatic hydroxyl groups excluding tert-OH is 1. The molecular formula is C17H26N2O2. The van der Waals surface area contributed by atoms with Crippen LogP contribution in [0.1, 0.15) is 42.1 Å². The molecule has 0 saturated carbocycles. The molecule has 4 heteroatoms. The normalized spacial score (nSPS) is 23.0. The molecule has 2 rings (SSSR count). The van der Waals surface area contributed by atoms with Gasteiger partial charge in [-0.3, -0.25) is 9.69 Å². The van der Waals surface area contributed by atoms with Gasteiger partial charge >= 0.3 is 0 Å². The fourth-order valence-corrected chi connectivity index (χ4v) is 3.09. The molecule has 1 aromatic carbocycles. The summed E-state index contributed by atoms with van der Waals surface area (Å²) < 4.78 is 0. The minimum Gasteiger partial charge on any atom is -0.395 e. The van der Waals surface area contributed by atoms with E-state index in [2.05, 4.69) is 17.9 Å². The van der Waals surface area contributed by atoms with Crippen molar-refractivity contribution in [3.63, 3.8) is 0 Å². The van der Waals surface area contributed by atoms with Crippen LogP contribution in [-0.4, -0.2) is 53.6 Å². The van der Waals surface area contributed by atoms with Crippen molar-refractivity contribution >= 4 is 5.91 Å². The molecule has 1 aliphatic rings. The molecule has 1 amide bonds. The van der Waals surface area contributed by atoms with Crippen LogP contribution in [0.5, 0.6) is 0 Å². The third-order valence-corrected chi connectivity index (χ3v) is 4.35. The molecule has 1 aliphatic heterocycles. The van der Waals surface area contributed by atoms with Crippen LogP contribution in [0.25, 0.3) is 0 Å². The number of aliphatic hydroxyl groups is 1. The molecule has 1 saturated heterocycles. The molecule has 0 aromatic heterocycles. The highest BCUT2D eigenvalue weighted by molar-refractivity contribution is 5.94. The van der Waals surface area contributed by atoms with Gasteiger partial charge in [0.25, 0.3) is 5.91 Å². The van der Waals surface area contributed by atoms with Crippen LogP contribution in [0.4, 0.5) is 0 Å². The molecule has 1 aromatic rings. The monoisotopic (exact) mass is 290 g/mol. The van der Waals surface area contributed by atoms with E-state index >= 15 is 0 Å². The van der Waals surface area contributed by atoms with Crippen LogP contribution in [0.2, 0.25) is 0 Å². The summed E-state index contributed by atoms with van der Waals surface area (Å²) in [5.41, 5.74) is 1.86. The Morgan fingerprint density at radius 1 is 1.38 bits per heavy atom. The summed E-state index contributed by atoms with van der Waals surface area (Å²) in [6.45, 7) is 3.22. The Hall–Kier alpha value is -1.39. The van der Waals surface area contributed by atoms with Crippen molar-refractivity contribution in [3.05, 3.63) is 35.4 Å². The Morgan fingerprint density at radius 2 is 2.14 bits per heavy atom. The summed E-state index contributed by atoms with van der Waals surface area (Å²) >= 11 is 0. The van der Waals surface area contributed by atoms with Gasteiger partial charge in [-0.25, -0.2) is 0 Å². The fraction of sp³-hybridized carbons (Fsp3) is 0.588. The number of hydrogen-bond acceptors (Lipinski definition) is 3. The van der Waals surface area contributed by atoms with E-state index in [1.807, 2.05) is 18.2 Å². The fourth-order valence-electron chi connectivity index (χ4n) is 3.09. The number of likely N-dealkylation sites (tertiary alicyclic amines) is 1. The van der Waals surface area contributed by atoms with E-state index in [9.17, 15) is 9.90 Å². The summed E-state index contributed by atoms with van der Waals surface area (Å²) in [6, 6.07) is 8.54. The lowest BCUT2D eigenvalue weighted by molar-refractivity contribution is 0.0451. The Labute approximate surface area is 127 Å². The van der Waals surface area contributed by atoms with Crippen molar-refractivity contribution in [1.82, 2.24) is 9.80 Å². The number of piperidine rings is 1. The molecule has 21 heavy (non-hydrogen) atoms. The van der Waals surface area contributed by atoms with Gasteiger partial charge in [0, 0.05) is 38.3 Å². The summed E-state index contributed by atoms with van der Waals surface area (Å²) in [5, 5.41) is 9.57. The smallest absolute Gasteiger partial charge is 0.253 e. The molecular weight excluding hydrogens is 264 g/mol. The molecule has 0 radical (unpaired) electrons. The molecule has 1 heterocycles. The average molecular weight is 290 g/mol. The summed E-state index contributed by atoms with van der Waals surface area (Å²) in [4.78, 5) is 16.0. The molecule has 0 spiro atoms. The molecule has 0 aliphatic carbocycles. The van der Waals surface area contributed by atoms with Crippen molar-refractivity contribution < 1.29 is 9.90 Å². The molecule has 1 fully saturated rings. The number of hydrogen-bond donors (Lipinski definition) is 1. The highest BCUT2D eigenvalue weighted by Gasteiger charge is 2.27. The number of nitrogens with zero attached hydrogens (tertiary/aromatic N) is 2. The molecule has 2 atom stereocenters. The minimum atomic E-state index is 0.0299. The summed E-state index contributed by atoms with van der Waals surface area (Å²) in [6.07, 6.45) is 3.41. The number of benzene rings is 1. The maximum absolute atomic E-state index is 12.0. The molecule has 116 valence electrons. The molecule has 0 bridgehead atoms. The van der Waals surface area contributed by atoms with E-state index in [0.29, 0.717) is 6.04 Å². The maximum atomic E-state index is 12.0. The molecule has 0 unspecified atom stereocenters. The largest absolute Gasteiger partial charge is 0.395 e. The standard InChI is InChI=1S/C17H26N2O2/c1-13-6-4-9-16(12-20)19(13)11-14-7-5-8-15(10-14)17(21)18(2)3/h5,7-8,10,13,16,20H,4,6,9,11-12H2,1-3H3/t13-,16-/m0/s1. The van der Waals surface area contributed by atoms with Crippen LogP contribution < -0.4 is 0 Å². The van der Waals surface area contributed by atoms with E-state index in [4.69, 9.17) is 0 Å². The van der Waals surface area contributed by atoms with Gasteiger partial charge in [-0.1, -0.05) is 18.6 Å². The van der Waals surface area contributed by atoms with E-state index in [1.54, 1.807) is 19.0 Å². The zero-order valence-electron chi connectivity index (χ0n) is 13.2. The molecule has 4 nitrogen and oxygen atoms in total. The summed E-state index contributed by atoms with van der Waals surface area (Å²) in [5.74, 6) is 0.0299. The first-order chi connectivity index (χ1) is 10.0. The van der Waals surface area contributed by atoms with Crippen molar-refractivity contribution in [2.45, 2.75) is 44.8 Å². The van der Waals surface area contributed by atoms with Gasteiger partial charge in [0.05, 0.1) is 6.61 Å². The van der Waals surface area contributed by atoms with Gasteiger partial charge in [-0.2, -0.15) is 0 Å². The third-order valence-electron chi connectivity index (χ3n) is 4.35. The third kappa shape index (κ3) is 3.83. The number of carbonyl (C=O) groups is 1. The highest BCUT2D eigenvalue weighted by atomic mass is 16.3. The maximum Gasteiger partial charge on any atom is 0.253 e. The lowest BCUT2D eigenvalue weighted by Gasteiger charge is -2.40. The second-order valence-corrected chi connectivity index (χ2v) is 6.19. The highest BCUT2D eigenvalue weighted by Crippen LogP contribution is 2.25. The quantitative estimate of drug-likeness (QED) is 0.924. The number of amides is 1. The van der Waals surface area contributed by atoms with E-state index in [0.717, 1.165) is 24.1 Å². The van der Waals surface area contributed by atoms with Gasteiger partial charge in [0.15, 0.2) is 0 Å². The number of carbonyl (C=O) groups excluding carboxylic acids is 1. The van der Waals surface area contributed by atoms with Gasteiger partial charge in [0.2, 0.25) is 0 Å². The predicted molar refractivity (Wildman–Crippen MR) is 84.2 cm³/mol. The first-order valence-corrected chi connectivity index (χ1v) is 7.70. The second kappa shape index (κ2) is 7.05. The van der Waals surface area contributed by atoms with Gasteiger partial charge < -0.3 is 10.0 Å². The zero-order valence-corrected chi connectivity index (χ0v) is 13.2. The van der Waals surface area contributed by atoms with Crippen LogP contribution in [-0.2, 0) is 6.54 Å².